The highest BCUT2D eigenvalue weighted by atomic mass is 16.1. The van der Waals surface area contributed by atoms with Gasteiger partial charge >= 0.3 is 0 Å². The smallest absolute Gasteiger partial charge is 0.246 e. The fourth-order valence-corrected chi connectivity index (χ4v) is 3.32. The number of nitrogens with zero attached hydrogens (tertiary/aromatic N) is 2. The number of likely N-dealkylation sites (tertiary alicyclic amines) is 1. The Labute approximate surface area is 157 Å². The normalized spacial score (nSPS) is 18.0. The molecule has 0 aliphatic carbocycles. The van der Waals surface area contributed by atoms with Crippen molar-refractivity contribution in [2.45, 2.75) is 46.1 Å². The first kappa shape index (κ1) is 20.2. The van der Waals surface area contributed by atoms with Crippen LogP contribution in [0.1, 0.15) is 39.2 Å². The van der Waals surface area contributed by atoms with Crippen LogP contribution in [-0.4, -0.2) is 55.5 Å². The van der Waals surface area contributed by atoms with Crippen LogP contribution in [0.25, 0.3) is 0 Å². The molecule has 1 heterocycles. The third kappa shape index (κ3) is 6.33. The Bertz CT molecular complexity index is 602. The molecule has 2 rings (SSSR count). The van der Waals surface area contributed by atoms with E-state index in [0.29, 0.717) is 12.0 Å². The maximum absolute atomic E-state index is 12.2. The zero-order valence-corrected chi connectivity index (χ0v) is 16.3. The lowest BCUT2D eigenvalue weighted by atomic mass is 10.1. The van der Waals surface area contributed by atoms with Gasteiger partial charge in [-0.25, -0.2) is 4.99 Å². The molecule has 26 heavy (non-hydrogen) atoms. The van der Waals surface area contributed by atoms with Gasteiger partial charge in [-0.3, -0.25) is 9.69 Å². The van der Waals surface area contributed by atoms with E-state index in [1.165, 1.54) is 24.9 Å². The first-order valence-electron chi connectivity index (χ1n) is 9.81. The minimum atomic E-state index is -0.105. The molecule has 0 spiro atoms. The number of carbonyl (C=O) groups excluding carboxylic acids is 1. The van der Waals surface area contributed by atoms with Crippen LogP contribution >= 0.6 is 0 Å². The van der Waals surface area contributed by atoms with E-state index in [-0.39, 0.29) is 12.5 Å². The highest BCUT2D eigenvalue weighted by Crippen LogP contribution is 2.15. The summed E-state index contributed by atoms with van der Waals surface area (Å²) in [4.78, 5) is 19.1. The number of guanidine groups is 1. The second-order valence-corrected chi connectivity index (χ2v) is 6.60. The number of likely N-dealkylation sites (N-methyl/N-ethyl adjacent to an activating group) is 1. The molecule has 144 valence electrons. The largest absolute Gasteiger partial charge is 0.357 e. The number of carbonyl (C=O) groups is 1. The molecule has 1 aromatic rings. The molecule has 1 amide bonds. The summed E-state index contributed by atoms with van der Waals surface area (Å²) in [7, 11) is 0. The fourth-order valence-electron chi connectivity index (χ4n) is 3.32. The SMILES string of the molecule is CCNC(=NCC(=O)Nc1cccc(CC)c1)NCC1CCCN1CC. The third-order valence-corrected chi connectivity index (χ3v) is 4.75. The Morgan fingerprint density at radius 2 is 2.12 bits per heavy atom. The van der Waals surface area contributed by atoms with Gasteiger partial charge in [0.2, 0.25) is 5.91 Å². The lowest BCUT2D eigenvalue weighted by Gasteiger charge is -2.23. The summed E-state index contributed by atoms with van der Waals surface area (Å²) in [6.07, 6.45) is 3.42. The Morgan fingerprint density at radius 3 is 2.85 bits per heavy atom. The van der Waals surface area contributed by atoms with Gasteiger partial charge in [-0.1, -0.05) is 26.0 Å². The molecule has 1 unspecified atom stereocenters. The molecular formula is C20H33N5O. The summed E-state index contributed by atoms with van der Waals surface area (Å²) in [6.45, 7) is 10.3. The highest BCUT2D eigenvalue weighted by Gasteiger charge is 2.22. The van der Waals surface area contributed by atoms with E-state index in [1.807, 2.05) is 25.1 Å². The minimum absolute atomic E-state index is 0.105. The van der Waals surface area contributed by atoms with E-state index in [0.717, 1.165) is 31.7 Å². The quantitative estimate of drug-likeness (QED) is 0.492. The molecule has 1 aliphatic rings. The molecule has 1 saturated heterocycles. The van der Waals surface area contributed by atoms with E-state index in [9.17, 15) is 4.79 Å². The van der Waals surface area contributed by atoms with Gasteiger partial charge in [-0.15, -0.1) is 0 Å². The van der Waals surface area contributed by atoms with Crippen molar-refractivity contribution in [2.24, 2.45) is 4.99 Å². The summed E-state index contributed by atoms with van der Waals surface area (Å²) in [5.41, 5.74) is 2.03. The zero-order chi connectivity index (χ0) is 18.8. The first-order chi connectivity index (χ1) is 12.7. The molecule has 1 aromatic carbocycles. The number of anilines is 1. The molecule has 0 saturated carbocycles. The van der Waals surface area contributed by atoms with E-state index in [1.54, 1.807) is 0 Å². The van der Waals surface area contributed by atoms with Crippen LogP contribution in [0.5, 0.6) is 0 Å². The van der Waals surface area contributed by atoms with Crippen LogP contribution in [0.3, 0.4) is 0 Å². The average Bonchev–Trinajstić information content (AvgIpc) is 3.11. The van der Waals surface area contributed by atoms with E-state index in [4.69, 9.17) is 0 Å². The maximum atomic E-state index is 12.2. The molecule has 0 bridgehead atoms. The van der Waals surface area contributed by atoms with Crippen LogP contribution < -0.4 is 16.0 Å². The molecule has 0 radical (unpaired) electrons. The van der Waals surface area contributed by atoms with Crippen molar-refractivity contribution in [2.75, 3.05) is 38.0 Å². The van der Waals surface area contributed by atoms with Crippen LogP contribution in [0, 0.1) is 0 Å². The number of hydrogen-bond acceptors (Lipinski definition) is 3. The van der Waals surface area contributed by atoms with Crippen molar-refractivity contribution in [3.05, 3.63) is 29.8 Å². The second-order valence-electron chi connectivity index (χ2n) is 6.60. The van der Waals surface area contributed by atoms with Gasteiger partial charge in [0.15, 0.2) is 5.96 Å². The second kappa shape index (κ2) is 10.8. The molecule has 1 aliphatic heterocycles. The lowest BCUT2D eigenvalue weighted by molar-refractivity contribution is -0.114. The van der Waals surface area contributed by atoms with Crippen molar-refractivity contribution >= 4 is 17.6 Å². The lowest BCUT2D eigenvalue weighted by Crippen LogP contribution is -2.45. The van der Waals surface area contributed by atoms with Crippen LogP contribution in [0.4, 0.5) is 5.69 Å². The first-order valence-corrected chi connectivity index (χ1v) is 9.81. The van der Waals surface area contributed by atoms with Gasteiger partial charge in [0.25, 0.3) is 0 Å². The third-order valence-electron chi connectivity index (χ3n) is 4.75. The molecule has 1 fully saturated rings. The van der Waals surface area contributed by atoms with E-state index < -0.39 is 0 Å². The molecule has 6 heteroatoms. The topological polar surface area (TPSA) is 68.8 Å². The summed E-state index contributed by atoms with van der Waals surface area (Å²) in [5.74, 6) is 0.597. The summed E-state index contributed by atoms with van der Waals surface area (Å²) in [6, 6.07) is 8.48. The number of rotatable bonds is 8. The minimum Gasteiger partial charge on any atom is -0.357 e. The highest BCUT2D eigenvalue weighted by molar-refractivity contribution is 5.94. The van der Waals surface area contributed by atoms with Crippen molar-refractivity contribution in [1.82, 2.24) is 15.5 Å². The van der Waals surface area contributed by atoms with Gasteiger partial charge < -0.3 is 16.0 Å². The Kier molecular flexibility index (Phi) is 8.41. The van der Waals surface area contributed by atoms with Gasteiger partial charge in [0.1, 0.15) is 6.54 Å². The standard InChI is InChI=1S/C20H33N5O/c1-4-16-9-7-10-17(13-16)24-19(26)15-23-20(21-5-2)22-14-18-11-8-12-25(18)6-3/h7,9-10,13,18H,4-6,8,11-12,14-15H2,1-3H3,(H,24,26)(H2,21,22,23). The molecule has 1 atom stereocenters. The van der Waals surface area contributed by atoms with Gasteiger partial charge in [-0.2, -0.15) is 0 Å². The monoisotopic (exact) mass is 359 g/mol. The number of nitrogens with one attached hydrogen (secondary N) is 3. The van der Waals surface area contributed by atoms with Crippen molar-refractivity contribution in [3.8, 4) is 0 Å². The Balaban J connectivity index is 1.85. The summed E-state index contributed by atoms with van der Waals surface area (Å²) < 4.78 is 0. The van der Waals surface area contributed by atoms with Crippen molar-refractivity contribution < 1.29 is 4.79 Å². The summed E-state index contributed by atoms with van der Waals surface area (Å²) >= 11 is 0. The molecule has 6 nitrogen and oxygen atoms in total. The average molecular weight is 360 g/mol. The number of hydrogen-bond donors (Lipinski definition) is 3. The van der Waals surface area contributed by atoms with Gasteiger partial charge in [0.05, 0.1) is 0 Å². The summed E-state index contributed by atoms with van der Waals surface area (Å²) in [5, 5.41) is 9.52. The number of benzene rings is 1. The van der Waals surface area contributed by atoms with Gasteiger partial charge in [0, 0.05) is 24.8 Å². The zero-order valence-electron chi connectivity index (χ0n) is 16.3. The fraction of sp³-hybridized carbons (Fsp3) is 0.600. The molecule has 0 aromatic heterocycles. The Hall–Kier alpha value is -2.08. The van der Waals surface area contributed by atoms with E-state index in [2.05, 4.69) is 45.8 Å². The van der Waals surface area contributed by atoms with Gasteiger partial charge in [-0.05, 0) is 57.0 Å². The van der Waals surface area contributed by atoms with Crippen molar-refractivity contribution in [1.29, 1.82) is 0 Å². The number of amides is 1. The van der Waals surface area contributed by atoms with Crippen LogP contribution in [0.15, 0.2) is 29.3 Å². The van der Waals surface area contributed by atoms with Crippen LogP contribution in [-0.2, 0) is 11.2 Å². The van der Waals surface area contributed by atoms with Crippen LogP contribution in [0.2, 0.25) is 0 Å². The number of aliphatic imine (C=N–C) groups is 1. The Morgan fingerprint density at radius 1 is 1.27 bits per heavy atom. The molecule has 3 N–H and O–H groups in total. The maximum Gasteiger partial charge on any atom is 0.246 e. The molecular weight excluding hydrogens is 326 g/mol. The predicted molar refractivity (Wildman–Crippen MR) is 109 cm³/mol. The number of aryl methyl sites for hydroxylation is 1. The van der Waals surface area contributed by atoms with Crippen molar-refractivity contribution in [3.63, 3.8) is 0 Å². The van der Waals surface area contributed by atoms with E-state index >= 15 is 0 Å². The predicted octanol–water partition coefficient (Wildman–Crippen LogP) is 2.23.